The largest absolute Gasteiger partial charge is 0.480 e. The third-order valence-electron chi connectivity index (χ3n) is 2.62. The van der Waals surface area contributed by atoms with Gasteiger partial charge in [0.05, 0.1) is 0 Å². The van der Waals surface area contributed by atoms with E-state index in [-0.39, 0.29) is 5.91 Å². The Morgan fingerprint density at radius 3 is 2.75 bits per heavy atom. The van der Waals surface area contributed by atoms with Crippen LogP contribution in [0.4, 0.5) is 0 Å². The third-order valence-corrected chi connectivity index (χ3v) is 2.62. The number of rotatable bonds is 2. The summed E-state index contributed by atoms with van der Waals surface area (Å²) in [5.74, 6) is -1.10. The molecule has 4 heteroatoms. The summed E-state index contributed by atoms with van der Waals surface area (Å²) in [7, 11) is 0. The molecule has 0 aliphatic carbocycles. The summed E-state index contributed by atoms with van der Waals surface area (Å²) in [5, 5.41) is 11.2. The molecule has 68 valence electrons. The zero-order valence-corrected chi connectivity index (χ0v) is 7.26. The van der Waals surface area contributed by atoms with E-state index >= 15 is 0 Å². The first-order valence-electron chi connectivity index (χ1n) is 4.02. The van der Waals surface area contributed by atoms with Crippen LogP contribution in [0, 0.1) is 5.41 Å². The Morgan fingerprint density at radius 2 is 2.42 bits per heavy atom. The molecule has 1 aliphatic rings. The smallest absolute Gasteiger partial charge is 0.326 e. The van der Waals surface area contributed by atoms with Crippen molar-refractivity contribution in [3.05, 3.63) is 0 Å². The number of carboxylic acids is 1. The summed E-state index contributed by atoms with van der Waals surface area (Å²) >= 11 is 0. The average molecular weight is 171 g/mol. The van der Waals surface area contributed by atoms with Gasteiger partial charge in [-0.25, -0.2) is 4.79 Å². The highest BCUT2D eigenvalue weighted by atomic mass is 16.4. The van der Waals surface area contributed by atoms with Crippen LogP contribution in [0.25, 0.3) is 0 Å². The average Bonchev–Trinajstić information content (AvgIpc) is 2.27. The van der Waals surface area contributed by atoms with Crippen LogP contribution in [-0.2, 0) is 9.59 Å². The molecule has 2 atom stereocenters. The molecule has 0 aromatic heterocycles. The Bertz CT molecular complexity index is 226. The van der Waals surface area contributed by atoms with Crippen LogP contribution in [-0.4, -0.2) is 23.0 Å². The normalized spacial score (nSPS) is 34.8. The predicted molar refractivity (Wildman–Crippen MR) is 42.6 cm³/mol. The first-order chi connectivity index (χ1) is 5.49. The van der Waals surface area contributed by atoms with E-state index in [0.717, 1.165) is 0 Å². The lowest BCUT2D eigenvalue weighted by Crippen LogP contribution is -2.41. The molecule has 1 saturated heterocycles. The Hall–Kier alpha value is -1.06. The first-order valence-corrected chi connectivity index (χ1v) is 4.02. The lowest BCUT2D eigenvalue weighted by Gasteiger charge is -2.24. The minimum Gasteiger partial charge on any atom is -0.480 e. The van der Waals surface area contributed by atoms with Crippen LogP contribution in [0.3, 0.4) is 0 Å². The number of aliphatic carboxylic acids is 1. The van der Waals surface area contributed by atoms with Gasteiger partial charge < -0.3 is 10.4 Å². The highest BCUT2D eigenvalue weighted by molar-refractivity contribution is 5.88. The summed E-state index contributed by atoms with van der Waals surface area (Å²) in [6.45, 7) is 3.72. The first kappa shape index (κ1) is 9.03. The molecule has 1 rings (SSSR count). The van der Waals surface area contributed by atoms with Gasteiger partial charge in [0.25, 0.3) is 0 Å². The van der Waals surface area contributed by atoms with E-state index < -0.39 is 17.4 Å². The van der Waals surface area contributed by atoms with E-state index in [2.05, 4.69) is 5.32 Å². The summed E-state index contributed by atoms with van der Waals surface area (Å²) in [6.07, 6.45) is 1.02. The molecule has 0 aromatic rings. The van der Waals surface area contributed by atoms with Crippen LogP contribution in [0.1, 0.15) is 26.7 Å². The maximum absolute atomic E-state index is 11.0. The van der Waals surface area contributed by atoms with E-state index in [1.54, 1.807) is 0 Å². The van der Waals surface area contributed by atoms with Crippen molar-refractivity contribution >= 4 is 11.9 Å². The number of carbonyl (C=O) groups is 2. The molecule has 1 aliphatic heterocycles. The maximum Gasteiger partial charge on any atom is 0.326 e. The standard InChI is InChI=1S/C8H13NO3/c1-3-8(2)4-5(10)9-6(8)7(11)12/h6H,3-4H2,1-2H3,(H,9,10)(H,11,12). The van der Waals surface area contributed by atoms with E-state index in [1.807, 2.05) is 13.8 Å². The summed E-state index contributed by atoms with van der Waals surface area (Å²) < 4.78 is 0. The lowest BCUT2D eigenvalue weighted by molar-refractivity contribution is -0.142. The quantitative estimate of drug-likeness (QED) is 0.631. The van der Waals surface area contributed by atoms with Crippen LogP contribution in [0.15, 0.2) is 0 Å². The van der Waals surface area contributed by atoms with Gasteiger partial charge in [-0.15, -0.1) is 0 Å². The molecule has 0 saturated carbocycles. The molecule has 0 bridgehead atoms. The zero-order chi connectivity index (χ0) is 9.35. The minimum atomic E-state index is -0.940. The molecular formula is C8H13NO3. The molecule has 0 spiro atoms. The summed E-state index contributed by atoms with van der Waals surface area (Å²) in [5.41, 5.74) is -0.414. The van der Waals surface area contributed by atoms with Crippen molar-refractivity contribution in [1.29, 1.82) is 0 Å². The number of carbonyl (C=O) groups excluding carboxylic acids is 1. The summed E-state index contributed by atoms with van der Waals surface area (Å²) in [4.78, 5) is 21.7. The third kappa shape index (κ3) is 1.29. The van der Waals surface area contributed by atoms with Crippen molar-refractivity contribution in [3.8, 4) is 0 Å². The predicted octanol–water partition coefficient (Wildman–Crippen LogP) is 0.376. The maximum atomic E-state index is 11.0. The Labute approximate surface area is 71.0 Å². The van der Waals surface area contributed by atoms with Crippen LogP contribution >= 0.6 is 0 Å². The molecule has 2 unspecified atom stereocenters. The van der Waals surface area contributed by atoms with Gasteiger partial charge in [0.2, 0.25) is 5.91 Å². The number of hydrogen-bond donors (Lipinski definition) is 2. The van der Waals surface area contributed by atoms with Gasteiger partial charge in [0.1, 0.15) is 6.04 Å². The van der Waals surface area contributed by atoms with Crippen molar-refractivity contribution in [3.63, 3.8) is 0 Å². The molecule has 1 fully saturated rings. The van der Waals surface area contributed by atoms with E-state index in [9.17, 15) is 9.59 Å². The summed E-state index contributed by atoms with van der Waals surface area (Å²) in [6, 6.07) is -0.713. The van der Waals surface area contributed by atoms with Crippen molar-refractivity contribution in [2.45, 2.75) is 32.7 Å². The molecule has 4 nitrogen and oxygen atoms in total. The van der Waals surface area contributed by atoms with E-state index in [0.29, 0.717) is 12.8 Å². The molecule has 1 amide bonds. The Morgan fingerprint density at radius 1 is 1.83 bits per heavy atom. The van der Waals surface area contributed by atoms with Gasteiger partial charge in [0, 0.05) is 11.8 Å². The highest BCUT2D eigenvalue weighted by Crippen LogP contribution is 2.34. The van der Waals surface area contributed by atoms with E-state index in [1.165, 1.54) is 0 Å². The number of hydrogen-bond acceptors (Lipinski definition) is 2. The zero-order valence-electron chi connectivity index (χ0n) is 7.26. The van der Waals surface area contributed by atoms with Gasteiger partial charge in [-0.3, -0.25) is 4.79 Å². The second-order valence-electron chi connectivity index (χ2n) is 3.52. The Balaban J connectivity index is 2.86. The Kier molecular flexibility index (Phi) is 2.08. The molecule has 0 aromatic carbocycles. The second kappa shape index (κ2) is 2.77. The monoisotopic (exact) mass is 171 g/mol. The van der Waals surface area contributed by atoms with Crippen molar-refractivity contribution in [2.75, 3.05) is 0 Å². The molecule has 1 heterocycles. The molecule has 2 N–H and O–H groups in total. The van der Waals surface area contributed by atoms with Crippen molar-refractivity contribution < 1.29 is 14.7 Å². The fourth-order valence-electron chi connectivity index (χ4n) is 1.54. The van der Waals surface area contributed by atoms with Crippen LogP contribution < -0.4 is 5.32 Å². The van der Waals surface area contributed by atoms with Gasteiger partial charge in [-0.1, -0.05) is 13.8 Å². The number of nitrogens with one attached hydrogen (secondary N) is 1. The molecular weight excluding hydrogens is 158 g/mol. The van der Waals surface area contributed by atoms with Gasteiger partial charge in [-0.05, 0) is 6.42 Å². The minimum absolute atomic E-state index is 0.160. The lowest BCUT2D eigenvalue weighted by atomic mass is 9.80. The van der Waals surface area contributed by atoms with E-state index in [4.69, 9.17) is 5.11 Å². The fourth-order valence-corrected chi connectivity index (χ4v) is 1.54. The van der Waals surface area contributed by atoms with Gasteiger partial charge in [0.15, 0.2) is 0 Å². The highest BCUT2D eigenvalue weighted by Gasteiger charge is 2.45. The van der Waals surface area contributed by atoms with Crippen LogP contribution in [0.2, 0.25) is 0 Å². The topological polar surface area (TPSA) is 66.4 Å². The van der Waals surface area contributed by atoms with Crippen LogP contribution in [0.5, 0.6) is 0 Å². The fraction of sp³-hybridized carbons (Fsp3) is 0.750. The number of amides is 1. The SMILES string of the molecule is CCC1(C)CC(=O)NC1C(=O)O. The van der Waals surface area contributed by atoms with Gasteiger partial charge in [-0.2, -0.15) is 0 Å². The van der Waals surface area contributed by atoms with Crippen molar-refractivity contribution in [1.82, 2.24) is 5.32 Å². The molecule has 12 heavy (non-hydrogen) atoms. The second-order valence-corrected chi connectivity index (χ2v) is 3.52. The van der Waals surface area contributed by atoms with Gasteiger partial charge >= 0.3 is 5.97 Å². The van der Waals surface area contributed by atoms with Crippen molar-refractivity contribution in [2.24, 2.45) is 5.41 Å². The molecule has 0 radical (unpaired) electrons. The number of carboxylic acid groups (broad SMARTS) is 1.